The molecular formula is C80H52BN3. The Morgan fingerprint density at radius 3 is 1.04 bits per heavy atom. The van der Waals surface area contributed by atoms with Gasteiger partial charge in [0.1, 0.15) is 0 Å². The van der Waals surface area contributed by atoms with Crippen molar-refractivity contribution in [3.8, 4) is 61.3 Å². The molecule has 0 atom stereocenters. The third-order valence-corrected chi connectivity index (χ3v) is 17.6. The molecule has 0 bridgehead atoms. The highest BCUT2D eigenvalue weighted by Gasteiger charge is 2.44. The van der Waals surface area contributed by atoms with E-state index in [2.05, 4.69) is 330 Å². The molecule has 3 heterocycles. The molecule has 0 spiro atoms. The van der Waals surface area contributed by atoms with Crippen LogP contribution in [-0.2, 0) is 0 Å². The van der Waals surface area contributed by atoms with Crippen LogP contribution in [0.15, 0.2) is 315 Å². The summed E-state index contributed by atoms with van der Waals surface area (Å²) in [6.07, 6.45) is 0. The zero-order valence-electron chi connectivity index (χ0n) is 45.9. The molecule has 0 saturated carbocycles. The fourth-order valence-electron chi connectivity index (χ4n) is 13.8. The second kappa shape index (κ2) is 19.4. The first-order chi connectivity index (χ1) is 41.6. The third-order valence-electron chi connectivity index (χ3n) is 17.6. The molecule has 0 radical (unpaired) electrons. The van der Waals surface area contributed by atoms with Crippen LogP contribution in [0.4, 0.5) is 34.1 Å². The summed E-state index contributed by atoms with van der Waals surface area (Å²) in [5, 5.41) is 7.29. The number of hydrogen-bond donors (Lipinski definition) is 0. The number of fused-ring (bicyclic) bond motifs is 9. The minimum atomic E-state index is -0.129. The topological polar surface area (TPSA) is 11.4 Å². The van der Waals surface area contributed by atoms with Gasteiger partial charge in [-0.1, -0.05) is 231 Å². The first-order valence-corrected chi connectivity index (χ1v) is 29.1. The van der Waals surface area contributed by atoms with E-state index in [-0.39, 0.29) is 6.71 Å². The van der Waals surface area contributed by atoms with Crippen molar-refractivity contribution in [2.24, 2.45) is 0 Å². The molecule has 0 N–H and O–H groups in total. The van der Waals surface area contributed by atoms with E-state index in [4.69, 9.17) is 0 Å². The Hall–Kier alpha value is -10.9. The summed E-state index contributed by atoms with van der Waals surface area (Å²) in [6.45, 7) is -0.129. The molecule has 0 unspecified atom stereocenters. The summed E-state index contributed by atoms with van der Waals surface area (Å²) in [5.41, 5.74) is 25.7. The van der Waals surface area contributed by atoms with Crippen LogP contribution in [0.5, 0.6) is 0 Å². The van der Waals surface area contributed by atoms with Gasteiger partial charge in [-0.25, -0.2) is 0 Å². The predicted molar refractivity (Wildman–Crippen MR) is 357 cm³/mol. The Labute approximate surface area is 488 Å². The van der Waals surface area contributed by atoms with Crippen molar-refractivity contribution in [3.63, 3.8) is 0 Å². The molecule has 84 heavy (non-hydrogen) atoms. The normalized spacial score (nSPS) is 12.5. The summed E-state index contributed by atoms with van der Waals surface area (Å²) in [6, 6.07) is 117. The van der Waals surface area contributed by atoms with Gasteiger partial charge in [0.2, 0.25) is 0 Å². The van der Waals surface area contributed by atoms with Crippen LogP contribution in [0.25, 0.3) is 105 Å². The summed E-state index contributed by atoms with van der Waals surface area (Å²) < 4.78 is 2.44. The Bertz CT molecular complexity index is 4720. The van der Waals surface area contributed by atoms with Crippen LogP contribution in [-0.4, -0.2) is 11.3 Å². The van der Waals surface area contributed by atoms with Gasteiger partial charge in [0, 0.05) is 50.6 Å². The SMILES string of the molecule is c1ccc(-c2cc(-c3ccccc3)cc(N3c4cc5ccccc5cc4B4c5cc6ccccc6cc5N(c5cc(-c6ccccc6)cc(-c6ccccc6)c5)c5cc(-c6ccc7c8ccccc8n(-c8ccccc8)c7c6)cc3c54)c2)cc1. The maximum Gasteiger partial charge on any atom is 0.252 e. The molecule has 14 aromatic carbocycles. The van der Waals surface area contributed by atoms with Crippen molar-refractivity contribution in [1.82, 2.24) is 4.57 Å². The average Bonchev–Trinajstić information content (AvgIpc) is 1.12. The molecule has 390 valence electrons. The van der Waals surface area contributed by atoms with E-state index in [9.17, 15) is 0 Å². The van der Waals surface area contributed by atoms with E-state index < -0.39 is 0 Å². The van der Waals surface area contributed by atoms with Crippen LogP contribution in [0.2, 0.25) is 0 Å². The molecule has 15 aromatic rings. The first-order valence-electron chi connectivity index (χ1n) is 29.1. The van der Waals surface area contributed by atoms with Crippen molar-refractivity contribution in [2.45, 2.75) is 0 Å². The first kappa shape index (κ1) is 47.8. The van der Waals surface area contributed by atoms with Crippen molar-refractivity contribution < 1.29 is 0 Å². The van der Waals surface area contributed by atoms with E-state index in [1.165, 1.54) is 87.9 Å². The molecule has 0 aliphatic carbocycles. The van der Waals surface area contributed by atoms with Crippen LogP contribution in [0.1, 0.15) is 0 Å². The average molecular weight is 1070 g/mol. The zero-order valence-corrected chi connectivity index (χ0v) is 45.9. The molecule has 1 aromatic heterocycles. The maximum absolute atomic E-state index is 2.61. The van der Waals surface area contributed by atoms with Crippen molar-refractivity contribution in [2.75, 3.05) is 9.80 Å². The quantitative estimate of drug-likeness (QED) is 0.141. The molecule has 0 saturated heterocycles. The van der Waals surface area contributed by atoms with Gasteiger partial charge in [-0.2, -0.15) is 0 Å². The summed E-state index contributed by atoms with van der Waals surface area (Å²) >= 11 is 0. The van der Waals surface area contributed by atoms with Gasteiger partial charge in [0.05, 0.1) is 11.0 Å². The van der Waals surface area contributed by atoms with E-state index >= 15 is 0 Å². The van der Waals surface area contributed by atoms with Crippen LogP contribution >= 0.6 is 0 Å². The fourth-order valence-corrected chi connectivity index (χ4v) is 13.8. The second-order valence-corrected chi connectivity index (χ2v) is 22.5. The summed E-state index contributed by atoms with van der Waals surface area (Å²) in [7, 11) is 0. The van der Waals surface area contributed by atoms with Crippen LogP contribution in [0, 0.1) is 0 Å². The molecule has 2 aliphatic heterocycles. The van der Waals surface area contributed by atoms with Gasteiger partial charge < -0.3 is 14.4 Å². The molecule has 3 nitrogen and oxygen atoms in total. The minimum Gasteiger partial charge on any atom is -0.311 e. The van der Waals surface area contributed by atoms with Gasteiger partial charge >= 0.3 is 0 Å². The number of anilines is 6. The lowest BCUT2D eigenvalue weighted by Gasteiger charge is -2.45. The summed E-state index contributed by atoms with van der Waals surface area (Å²) in [4.78, 5) is 5.22. The standard InChI is InChI=1S/C80H52BN3/c1-6-22-53(23-7-1)62-40-63(54-24-8-2-9-25-54)43-68(42-62)83-76-49-59-32-18-16-30-57(59)46-72(76)81-73-47-58-31-17-19-33-60(58)50-77(73)84(69-44-64(55-26-10-3-11-27-55)41-65(45-69)56-28-12-4-13-29-56)79-52-66(51-78(83)80(79)81)61-38-39-71-70-36-20-21-37-74(70)82(75(71)48-61)67-34-14-5-15-35-67/h1-52H. The Kier molecular flexibility index (Phi) is 11.0. The Morgan fingerprint density at radius 2 is 0.583 bits per heavy atom. The highest BCUT2D eigenvalue weighted by Crippen LogP contribution is 2.50. The Balaban J connectivity index is 1.02. The fraction of sp³-hybridized carbons (Fsp3) is 0. The van der Waals surface area contributed by atoms with Crippen molar-refractivity contribution in [3.05, 3.63) is 315 Å². The van der Waals surface area contributed by atoms with Gasteiger partial charge in [-0.3, -0.25) is 0 Å². The number of para-hydroxylation sites is 2. The largest absolute Gasteiger partial charge is 0.311 e. The number of hydrogen-bond acceptors (Lipinski definition) is 2. The number of nitrogens with zero attached hydrogens (tertiary/aromatic N) is 3. The molecule has 2 aliphatic rings. The molecular weight excluding hydrogens is 1010 g/mol. The van der Waals surface area contributed by atoms with Crippen LogP contribution in [0.3, 0.4) is 0 Å². The monoisotopic (exact) mass is 1070 g/mol. The van der Waals surface area contributed by atoms with E-state index in [0.717, 1.165) is 67.3 Å². The highest BCUT2D eigenvalue weighted by molar-refractivity contribution is 7.00. The lowest BCUT2D eigenvalue weighted by molar-refractivity contribution is 1.18. The van der Waals surface area contributed by atoms with Crippen LogP contribution < -0.4 is 26.2 Å². The number of benzene rings is 14. The summed E-state index contributed by atoms with van der Waals surface area (Å²) in [5.74, 6) is 0. The highest BCUT2D eigenvalue weighted by atomic mass is 15.2. The maximum atomic E-state index is 2.61. The van der Waals surface area contributed by atoms with Crippen molar-refractivity contribution in [1.29, 1.82) is 0 Å². The van der Waals surface area contributed by atoms with Gasteiger partial charge in [-0.05, 0) is 178 Å². The third kappa shape index (κ3) is 7.83. The Morgan fingerprint density at radius 1 is 0.214 bits per heavy atom. The van der Waals surface area contributed by atoms with Crippen molar-refractivity contribution >= 4 is 101 Å². The molecule has 17 rings (SSSR count). The van der Waals surface area contributed by atoms with E-state index in [1.807, 2.05) is 0 Å². The smallest absolute Gasteiger partial charge is 0.252 e. The molecule has 0 fully saturated rings. The molecule has 0 amide bonds. The number of rotatable bonds is 8. The van der Waals surface area contributed by atoms with Gasteiger partial charge in [-0.15, -0.1) is 0 Å². The van der Waals surface area contributed by atoms with E-state index in [0.29, 0.717) is 0 Å². The predicted octanol–water partition coefficient (Wildman–Crippen LogP) is 19.5. The number of aromatic nitrogens is 1. The van der Waals surface area contributed by atoms with Gasteiger partial charge in [0.15, 0.2) is 0 Å². The lowest BCUT2D eigenvalue weighted by Crippen LogP contribution is -2.61. The zero-order chi connectivity index (χ0) is 55.2. The van der Waals surface area contributed by atoms with Gasteiger partial charge in [0.25, 0.3) is 6.71 Å². The lowest BCUT2D eigenvalue weighted by atomic mass is 9.33. The van der Waals surface area contributed by atoms with E-state index in [1.54, 1.807) is 0 Å². The molecule has 4 heteroatoms. The minimum absolute atomic E-state index is 0.129. The second-order valence-electron chi connectivity index (χ2n) is 22.5.